The summed E-state index contributed by atoms with van der Waals surface area (Å²) in [7, 11) is 0. The third-order valence-electron chi connectivity index (χ3n) is 1.50. The van der Waals surface area contributed by atoms with E-state index in [9.17, 15) is 0 Å². The largest absolute Gasteiger partial charge is 0.398 e. The first-order valence-electron chi connectivity index (χ1n) is 3.98. The summed E-state index contributed by atoms with van der Waals surface area (Å²) in [6.45, 7) is 14.6. The lowest BCUT2D eigenvalue weighted by molar-refractivity contribution is 1.33. The molecule has 0 fully saturated rings. The molecule has 0 aliphatic heterocycles. The summed E-state index contributed by atoms with van der Waals surface area (Å²) in [5, 5.41) is 0.435. The van der Waals surface area contributed by atoms with Crippen molar-refractivity contribution in [3.8, 4) is 0 Å². The molecule has 0 heterocycles. The van der Waals surface area contributed by atoms with E-state index in [1.54, 1.807) is 24.3 Å². The predicted molar refractivity (Wildman–Crippen MR) is 64.9 cm³/mol. The standard InChI is InChI=1S/C12H14ClN/c1-5-6-12(14)11(4)9(2)7-8-10(3)13/h5-8H,1-4,14H2/b8-7-,12-6+. The van der Waals surface area contributed by atoms with Crippen molar-refractivity contribution >= 4 is 11.6 Å². The van der Waals surface area contributed by atoms with Gasteiger partial charge < -0.3 is 5.73 Å². The number of rotatable bonds is 5. The van der Waals surface area contributed by atoms with E-state index in [1.165, 1.54) is 0 Å². The zero-order chi connectivity index (χ0) is 11.1. The molecule has 2 N–H and O–H groups in total. The molecule has 1 nitrogen and oxygen atoms in total. The van der Waals surface area contributed by atoms with Crippen molar-refractivity contribution in [1.29, 1.82) is 0 Å². The van der Waals surface area contributed by atoms with Crippen molar-refractivity contribution in [1.82, 2.24) is 0 Å². The van der Waals surface area contributed by atoms with Crippen LogP contribution in [-0.4, -0.2) is 0 Å². The predicted octanol–water partition coefficient (Wildman–Crippen LogP) is 3.44. The summed E-state index contributed by atoms with van der Waals surface area (Å²) in [6.07, 6.45) is 6.60. The first kappa shape index (κ1) is 12.5. The summed E-state index contributed by atoms with van der Waals surface area (Å²) in [4.78, 5) is 0. The number of hydrogen-bond acceptors (Lipinski definition) is 1. The Morgan fingerprint density at radius 2 is 1.71 bits per heavy atom. The van der Waals surface area contributed by atoms with Gasteiger partial charge in [-0.25, -0.2) is 0 Å². The molecule has 0 spiro atoms. The van der Waals surface area contributed by atoms with Crippen LogP contribution in [-0.2, 0) is 0 Å². The summed E-state index contributed by atoms with van der Waals surface area (Å²) >= 11 is 5.55. The van der Waals surface area contributed by atoms with Gasteiger partial charge in [0.2, 0.25) is 0 Å². The Morgan fingerprint density at radius 3 is 2.14 bits per heavy atom. The maximum Gasteiger partial charge on any atom is 0.0387 e. The quantitative estimate of drug-likeness (QED) is 0.687. The molecule has 0 aliphatic rings. The van der Waals surface area contributed by atoms with Gasteiger partial charge in [0.25, 0.3) is 0 Å². The third kappa shape index (κ3) is 4.53. The number of nitrogens with two attached hydrogens (primary N) is 1. The lowest BCUT2D eigenvalue weighted by Crippen LogP contribution is -2.00. The first-order valence-corrected chi connectivity index (χ1v) is 4.36. The van der Waals surface area contributed by atoms with Crippen LogP contribution in [0.25, 0.3) is 0 Å². The Hall–Kier alpha value is -1.47. The molecule has 0 aliphatic carbocycles. The van der Waals surface area contributed by atoms with Crippen molar-refractivity contribution in [2.75, 3.05) is 0 Å². The van der Waals surface area contributed by atoms with Gasteiger partial charge in [-0.1, -0.05) is 50.1 Å². The van der Waals surface area contributed by atoms with E-state index in [0.29, 0.717) is 21.9 Å². The van der Waals surface area contributed by atoms with E-state index in [4.69, 9.17) is 17.3 Å². The number of allylic oxidation sites excluding steroid dienone is 6. The molecule has 14 heavy (non-hydrogen) atoms. The van der Waals surface area contributed by atoms with Gasteiger partial charge in [-0.05, 0) is 23.3 Å². The van der Waals surface area contributed by atoms with Crippen LogP contribution < -0.4 is 5.73 Å². The van der Waals surface area contributed by atoms with Gasteiger partial charge in [-0.3, -0.25) is 0 Å². The second-order valence-corrected chi connectivity index (χ2v) is 3.13. The monoisotopic (exact) mass is 207 g/mol. The van der Waals surface area contributed by atoms with Crippen LogP contribution in [0.4, 0.5) is 0 Å². The number of hydrogen-bond donors (Lipinski definition) is 1. The van der Waals surface area contributed by atoms with E-state index in [0.717, 1.165) is 0 Å². The fourth-order valence-corrected chi connectivity index (χ4v) is 0.768. The normalized spacial score (nSPS) is 11.4. The smallest absolute Gasteiger partial charge is 0.0387 e. The van der Waals surface area contributed by atoms with Gasteiger partial charge in [0, 0.05) is 10.7 Å². The van der Waals surface area contributed by atoms with Gasteiger partial charge in [0.15, 0.2) is 0 Å². The fraction of sp³-hybridized carbons (Fsp3) is 0. The molecule has 0 aromatic rings. The molecular weight excluding hydrogens is 194 g/mol. The minimum absolute atomic E-state index is 0.435. The highest BCUT2D eigenvalue weighted by atomic mass is 35.5. The third-order valence-corrected chi connectivity index (χ3v) is 1.62. The fourth-order valence-electron chi connectivity index (χ4n) is 0.705. The van der Waals surface area contributed by atoms with Crippen LogP contribution >= 0.6 is 11.6 Å². The molecule has 0 unspecified atom stereocenters. The van der Waals surface area contributed by atoms with Gasteiger partial charge >= 0.3 is 0 Å². The molecule has 0 rings (SSSR count). The molecule has 74 valence electrons. The number of halogens is 1. The summed E-state index contributed by atoms with van der Waals surface area (Å²) < 4.78 is 0. The Bertz CT molecular complexity index is 332. The Labute approximate surface area is 90.3 Å². The summed E-state index contributed by atoms with van der Waals surface area (Å²) in [5.74, 6) is 0. The minimum atomic E-state index is 0.435. The summed E-state index contributed by atoms with van der Waals surface area (Å²) in [5.41, 5.74) is 7.56. The van der Waals surface area contributed by atoms with Crippen LogP contribution in [0.1, 0.15) is 0 Å². The maximum absolute atomic E-state index is 5.68. The van der Waals surface area contributed by atoms with E-state index in [2.05, 4.69) is 26.3 Å². The molecule has 0 radical (unpaired) electrons. The average Bonchev–Trinajstić information content (AvgIpc) is 2.13. The van der Waals surface area contributed by atoms with Crippen molar-refractivity contribution in [3.05, 3.63) is 72.5 Å². The summed E-state index contributed by atoms with van der Waals surface area (Å²) in [6, 6.07) is 0. The minimum Gasteiger partial charge on any atom is -0.398 e. The van der Waals surface area contributed by atoms with Crippen molar-refractivity contribution < 1.29 is 0 Å². The van der Waals surface area contributed by atoms with Crippen LogP contribution in [0.5, 0.6) is 0 Å². The maximum atomic E-state index is 5.68. The van der Waals surface area contributed by atoms with Crippen molar-refractivity contribution in [3.63, 3.8) is 0 Å². The zero-order valence-electron chi connectivity index (χ0n) is 8.09. The Kier molecular flexibility index (Phi) is 5.42. The van der Waals surface area contributed by atoms with Crippen LogP contribution in [0.3, 0.4) is 0 Å². The van der Waals surface area contributed by atoms with Gasteiger partial charge in [-0.15, -0.1) is 0 Å². The highest BCUT2D eigenvalue weighted by Crippen LogP contribution is 2.14. The highest BCUT2D eigenvalue weighted by molar-refractivity contribution is 6.30. The molecular formula is C12H14ClN. The topological polar surface area (TPSA) is 26.0 Å². The van der Waals surface area contributed by atoms with Crippen LogP contribution in [0.2, 0.25) is 0 Å². The second-order valence-electron chi connectivity index (χ2n) is 2.64. The first-order chi connectivity index (χ1) is 6.49. The zero-order valence-corrected chi connectivity index (χ0v) is 8.85. The lowest BCUT2D eigenvalue weighted by atomic mass is 10.1. The molecule has 0 aromatic heterocycles. The molecule has 0 aromatic carbocycles. The van der Waals surface area contributed by atoms with Crippen molar-refractivity contribution in [2.24, 2.45) is 5.73 Å². The molecule has 2 heteroatoms. The Balaban J connectivity index is 4.56. The highest BCUT2D eigenvalue weighted by Gasteiger charge is 1.98. The molecule has 0 amide bonds. The van der Waals surface area contributed by atoms with Gasteiger partial charge in [0.1, 0.15) is 0 Å². The van der Waals surface area contributed by atoms with E-state index < -0.39 is 0 Å². The van der Waals surface area contributed by atoms with E-state index in [-0.39, 0.29) is 0 Å². The van der Waals surface area contributed by atoms with Crippen LogP contribution in [0.15, 0.2) is 72.5 Å². The van der Waals surface area contributed by atoms with Gasteiger partial charge in [0.05, 0.1) is 0 Å². The molecule has 0 bridgehead atoms. The second kappa shape index (κ2) is 6.06. The molecule has 0 atom stereocenters. The SMILES string of the molecule is C=C/C=C(/N)C(=C)C(=C)/C=C\C(=C)Cl. The average molecular weight is 208 g/mol. The van der Waals surface area contributed by atoms with E-state index in [1.807, 2.05) is 0 Å². The van der Waals surface area contributed by atoms with Crippen LogP contribution in [0, 0.1) is 0 Å². The Morgan fingerprint density at radius 1 is 1.14 bits per heavy atom. The molecule has 0 saturated carbocycles. The van der Waals surface area contributed by atoms with E-state index >= 15 is 0 Å². The molecule has 0 saturated heterocycles. The van der Waals surface area contributed by atoms with Crippen molar-refractivity contribution in [2.45, 2.75) is 0 Å². The van der Waals surface area contributed by atoms with Gasteiger partial charge in [-0.2, -0.15) is 0 Å². The lowest BCUT2D eigenvalue weighted by Gasteiger charge is -2.04.